The van der Waals surface area contributed by atoms with Gasteiger partial charge >= 0.3 is 5.97 Å². The van der Waals surface area contributed by atoms with Crippen molar-refractivity contribution in [2.45, 2.75) is 13.0 Å². The van der Waals surface area contributed by atoms with Crippen LogP contribution >= 0.6 is 0 Å². The maximum Gasteiger partial charge on any atom is 0.337 e. The molecular formula is C9H11NO3. The van der Waals surface area contributed by atoms with E-state index in [1.807, 2.05) is 0 Å². The minimum absolute atomic E-state index is 0.341. The van der Waals surface area contributed by atoms with Gasteiger partial charge in [-0.3, -0.25) is 0 Å². The molecule has 13 heavy (non-hydrogen) atoms. The molecular weight excluding hydrogens is 170 g/mol. The minimum Gasteiger partial charge on any atom is -0.479 e. The van der Waals surface area contributed by atoms with Crippen LogP contribution in [0, 0.1) is 0 Å². The van der Waals surface area contributed by atoms with Crippen LogP contribution in [0.3, 0.4) is 0 Å². The van der Waals surface area contributed by atoms with E-state index >= 15 is 0 Å². The van der Waals surface area contributed by atoms with Gasteiger partial charge in [-0.25, -0.2) is 4.79 Å². The second-order valence-electron chi connectivity index (χ2n) is 2.86. The number of rotatable bonds is 2. The van der Waals surface area contributed by atoms with Gasteiger partial charge in [-0.15, -0.1) is 0 Å². The van der Waals surface area contributed by atoms with Gasteiger partial charge < -0.3 is 15.5 Å². The predicted octanol–water partition coefficient (Wildman–Crippen LogP) is 0.379. The topological polar surface area (TPSA) is 69.6 Å². The lowest BCUT2D eigenvalue weighted by molar-refractivity contribution is -0.144. The number of carbonyl (C=O) groups is 1. The molecule has 1 aliphatic heterocycles. The monoisotopic (exact) mass is 181 g/mol. The van der Waals surface area contributed by atoms with Crippen LogP contribution in [0.25, 0.3) is 0 Å². The quantitative estimate of drug-likeness (QED) is 0.576. The second-order valence-corrected chi connectivity index (χ2v) is 2.86. The molecule has 1 rings (SSSR count). The Balaban J connectivity index is 2.92. The summed E-state index contributed by atoms with van der Waals surface area (Å²) >= 11 is 0. The number of aliphatic hydroxyl groups is 1. The average Bonchev–Trinajstić information content (AvgIpc) is 2.01. The van der Waals surface area contributed by atoms with E-state index < -0.39 is 12.1 Å². The molecule has 0 saturated carbocycles. The third-order valence-corrected chi connectivity index (χ3v) is 1.63. The lowest BCUT2D eigenvalue weighted by atomic mass is 10.0. The van der Waals surface area contributed by atoms with E-state index in [0.717, 1.165) is 5.70 Å². The fourth-order valence-electron chi connectivity index (χ4n) is 1.12. The number of dihydropyridines is 1. The van der Waals surface area contributed by atoms with E-state index in [-0.39, 0.29) is 0 Å². The molecule has 0 saturated heterocycles. The molecule has 0 aromatic rings. The molecule has 0 aromatic heterocycles. The normalized spacial score (nSPS) is 18.5. The standard InChI is InChI=1S/C9H11NO3/c1-5-3-7(4-6(2)10-5)8(11)9(12)13/h3-4,8,10-11H,1H2,2H3,(H,12,13). The van der Waals surface area contributed by atoms with E-state index in [9.17, 15) is 9.90 Å². The van der Waals surface area contributed by atoms with Crippen LogP contribution in [0.15, 0.2) is 35.7 Å². The molecule has 1 unspecified atom stereocenters. The van der Waals surface area contributed by atoms with E-state index in [4.69, 9.17) is 5.11 Å². The summed E-state index contributed by atoms with van der Waals surface area (Å²) in [5.41, 5.74) is 1.69. The fourth-order valence-corrected chi connectivity index (χ4v) is 1.12. The number of nitrogens with one attached hydrogen (secondary N) is 1. The van der Waals surface area contributed by atoms with Crippen LogP contribution < -0.4 is 5.32 Å². The van der Waals surface area contributed by atoms with Gasteiger partial charge in [0, 0.05) is 11.4 Å². The first-order chi connectivity index (χ1) is 6.00. The van der Waals surface area contributed by atoms with Crippen LogP contribution in [0.2, 0.25) is 0 Å². The van der Waals surface area contributed by atoms with Gasteiger partial charge in [0.15, 0.2) is 6.10 Å². The van der Waals surface area contributed by atoms with Gasteiger partial charge in [-0.05, 0) is 24.6 Å². The van der Waals surface area contributed by atoms with Crippen molar-refractivity contribution in [1.29, 1.82) is 0 Å². The van der Waals surface area contributed by atoms with Gasteiger partial charge in [-0.1, -0.05) is 6.58 Å². The largest absolute Gasteiger partial charge is 0.479 e. The van der Waals surface area contributed by atoms with E-state index in [1.165, 1.54) is 6.08 Å². The summed E-state index contributed by atoms with van der Waals surface area (Å²) in [6.07, 6.45) is 1.60. The van der Waals surface area contributed by atoms with Gasteiger partial charge in [0.05, 0.1) is 0 Å². The number of hydrogen-bond donors (Lipinski definition) is 3. The first-order valence-corrected chi connectivity index (χ1v) is 3.77. The highest BCUT2D eigenvalue weighted by Gasteiger charge is 2.19. The van der Waals surface area contributed by atoms with Crippen LogP contribution in [0.4, 0.5) is 0 Å². The molecule has 70 valence electrons. The molecule has 4 heteroatoms. The zero-order chi connectivity index (χ0) is 10.0. The van der Waals surface area contributed by atoms with E-state index in [2.05, 4.69) is 11.9 Å². The van der Waals surface area contributed by atoms with Crippen molar-refractivity contribution < 1.29 is 15.0 Å². The Morgan fingerprint density at radius 1 is 1.62 bits per heavy atom. The molecule has 0 aromatic carbocycles. The molecule has 0 aliphatic carbocycles. The Kier molecular flexibility index (Phi) is 2.53. The minimum atomic E-state index is -1.48. The van der Waals surface area contributed by atoms with Gasteiger partial charge in [0.25, 0.3) is 0 Å². The molecule has 0 bridgehead atoms. The summed E-state index contributed by atoms with van der Waals surface area (Å²) in [6.45, 7) is 5.39. The van der Waals surface area contributed by atoms with Gasteiger partial charge in [0.1, 0.15) is 0 Å². The highest BCUT2D eigenvalue weighted by Crippen LogP contribution is 2.14. The van der Waals surface area contributed by atoms with Crippen molar-refractivity contribution in [2.75, 3.05) is 0 Å². The number of carboxylic acids is 1. The molecule has 0 fully saturated rings. The van der Waals surface area contributed by atoms with Crippen molar-refractivity contribution in [2.24, 2.45) is 0 Å². The Labute approximate surface area is 75.9 Å². The first kappa shape index (κ1) is 9.54. The van der Waals surface area contributed by atoms with Crippen molar-refractivity contribution in [3.63, 3.8) is 0 Å². The molecule has 1 heterocycles. The molecule has 0 radical (unpaired) electrons. The predicted molar refractivity (Wildman–Crippen MR) is 47.8 cm³/mol. The van der Waals surface area contributed by atoms with Gasteiger partial charge in [0.2, 0.25) is 0 Å². The van der Waals surface area contributed by atoms with Crippen LogP contribution in [-0.4, -0.2) is 22.3 Å². The molecule has 1 atom stereocenters. The maximum atomic E-state index is 10.4. The van der Waals surface area contributed by atoms with Crippen LogP contribution in [-0.2, 0) is 4.79 Å². The van der Waals surface area contributed by atoms with Crippen LogP contribution in [0.1, 0.15) is 6.92 Å². The highest BCUT2D eigenvalue weighted by molar-refractivity contribution is 5.77. The third kappa shape index (κ3) is 2.19. The Bertz CT molecular complexity index is 315. The first-order valence-electron chi connectivity index (χ1n) is 3.77. The summed E-state index contributed by atoms with van der Waals surface area (Å²) in [6, 6.07) is 0. The Morgan fingerprint density at radius 2 is 2.23 bits per heavy atom. The van der Waals surface area contributed by atoms with E-state index in [0.29, 0.717) is 11.3 Å². The lowest BCUT2D eigenvalue weighted by Gasteiger charge is -2.16. The van der Waals surface area contributed by atoms with Crippen molar-refractivity contribution >= 4 is 5.97 Å². The molecule has 0 spiro atoms. The maximum absolute atomic E-state index is 10.4. The molecule has 3 N–H and O–H groups in total. The Morgan fingerprint density at radius 3 is 2.69 bits per heavy atom. The van der Waals surface area contributed by atoms with Gasteiger partial charge in [-0.2, -0.15) is 0 Å². The Hall–Kier alpha value is -1.55. The zero-order valence-electron chi connectivity index (χ0n) is 7.24. The molecule has 1 aliphatic rings. The number of allylic oxidation sites excluding steroid dienone is 2. The smallest absolute Gasteiger partial charge is 0.337 e. The molecule has 0 amide bonds. The van der Waals surface area contributed by atoms with Crippen molar-refractivity contribution in [1.82, 2.24) is 5.32 Å². The highest BCUT2D eigenvalue weighted by atomic mass is 16.4. The lowest BCUT2D eigenvalue weighted by Crippen LogP contribution is -2.24. The third-order valence-electron chi connectivity index (χ3n) is 1.63. The van der Waals surface area contributed by atoms with Crippen molar-refractivity contribution in [3.05, 3.63) is 35.7 Å². The molecule has 4 nitrogen and oxygen atoms in total. The summed E-state index contributed by atoms with van der Waals surface area (Å²) in [4.78, 5) is 10.4. The van der Waals surface area contributed by atoms with Crippen LogP contribution in [0.5, 0.6) is 0 Å². The average molecular weight is 181 g/mol. The number of aliphatic hydroxyl groups excluding tert-OH is 1. The van der Waals surface area contributed by atoms with E-state index in [1.54, 1.807) is 13.0 Å². The summed E-state index contributed by atoms with van der Waals surface area (Å²) < 4.78 is 0. The number of aliphatic carboxylic acids is 1. The second kappa shape index (κ2) is 3.45. The summed E-state index contributed by atoms with van der Waals surface area (Å²) in [5, 5.41) is 20.6. The summed E-state index contributed by atoms with van der Waals surface area (Å²) in [5.74, 6) is -1.26. The van der Waals surface area contributed by atoms with Crippen molar-refractivity contribution in [3.8, 4) is 0 Å². The number of carboxylic acid groups (broad SMARTS) is 1. The number of hydrogen-bond acceptors (Lipinski definition) is 3. The SMILES string of the molecule is C=C1C=C(C(O)C(=O)O)C=C(C)N1. The summed E-state index contributed by atoms with van der Waals surface area (Å²) in [7, 11) is 0. The fraction of sp³-hybridized carbons (Fsp3) is 0.222. The zero-order valence-corrected chi connectivity index (χ0v) is 7.24.